The highest BCUT2D eigenvalue weighted by Crippen LogP contribution is 2.38. The van der Waals surface area contributed by atoms with Crippen LogP contribution in [0.3, 0.4) is 0 Å². The summed E-state index contributed by atoms with van der Waals surface area (Å²) < 4.78 is 5.17. The Hall–Kier alpha value is -3.67. The quantitative estimate of drug-likeness (QED) is 0.684. The molecule has 0 fully saturated rings. The molecule has 6 heteroatoms. The van der Waals surface area contributed by atoms with Gasteiger partial charge < -0.3 is 10.1 Å². The van der Waals surface area contributed by atoms with Gasteiger partial charge in [-0.15, -0.1) is 0 Å². The molecular formula is C22H19N3O3. The van der Waals surface area contributed by atoms with Crippen molar-refractivity contribution in [3.63, 3.8) is 0 Å². The van der Waals surface area contributed by atoms with Gasteiger partial charge in [0, 0.05) is 17.3 Å². The summed E-state index contributed by atoms with van der Waals surface area (Å²) in [6.45, 7) is 2.06. The van der Waals surface area contributed by atoms with E-state index < -0.39 is 12.1 Å². The Morgan fingerprint density at radius 1 is 1.11 bits per heavy atom. The largest absolute Gasteiger partial charge is 0.462 e. The topological polar surface area (TPSA) is 71.5 Å². The molecule has 1 atom stereocenters. The van der Waals surface area contributed by atoms with Crippen molar-refractivity contribution >= 4 is 23.3 Å². The van der Waals surface area contributed by atoms with E-state index in [4.69, 9.17) is 4.74 Å². The summed E-state index contributed by atoms with van der Waals surface area (Å²) in [6.07, 6.45) is 2.84. The highest BCUT2D eigenvalue weighted by molar-refractivity contribution is 6.11. The van der Waals surface area contributed by atoms with E-state index in [-0.39, 0.29) is 5.91 Å². The van der Waals surface area contributed by atoms with E-state index in [1.165, 1.54) is 0 Å². The zero-order chi connectivity index (χ0) is 19.5. The first-order valence-corrected chi connectivity index (χ1v) is 9.06. The van der Waals surface area contributed by atoms with Crippen LogP contribution in [0, 0.1) is 0 Å². The molecule has 0 aliphatic carbocycles. The number of benzene rings is 2. The summed E-state index contributed by atoms with van der Waals surface area (Å²) in [5.41, 5.74) is 3.17. The Labute approximate surface area is 162 Å². The second-order valence-electron chi connectivity index (χ2n) is 6.29. The van der Waals surface area contributed by atoms with Gasteiger partial charge in [0.1, 0.15) is 6.17 Å². The summed E-state index contributed by atoms with van der Waals surface area (Å²) >= 11 is 0. The maximum Gasteiger partial charge on any atom is 0.340 e. The first-order valence-electron chi connectivity index (χ1n) is 9.06. The Kier molecular flexibility index (Phi) is 4.76. The number of para-hydroxylation sites is 1. The molecule has 0 saturated heterocycles. The Balaban J connectivity index is 1.77. The molecule has 1 aromatic heterocycles. The fourth-order valence-corrected chi connectivity index (χ4v) is 3.36. The van der Waals surface area contributed by atoms with Crippen LogP contribution in [0.4, 0.5) is 11.4 Å². The van der Waals surface area contributed by atoms with E-state index in [2.05, 4.69) is 10.3 Å². The molecule has 0 spiro atoms. The molecular weight excluding hydrogens is 354 g/mol. The first kappa shape index (κ1) is 17.7. The molecule has 0 bridgehead atoms. The molecule has 1 aliphatic rings. The third-order valence-corrected chi connectivity index (χ3v) is 4.60. The number of aromatic nitrogens is 1. The van der Waals surface area contributed by atoms with Crippen LogP contribution in [-0.2, 0) is 4.74 Å². The van der Waals surface area contributed by atoms with Crippen molar-refractivity contribution in [2.45, 2.75) is 13.1 Å². The van der Waals surface area contributed by atoms with Crippen molar-refractivity contribution in [1.29, 1.82) is 0 Å². The van der Waals surface area contributed by atoms with Gasteiger partial charge in [-0.3, -0.25) is 14.7 Å². The van der Waals surface area contributed by atoms with Crippen molar-refractivity contribution in [3.8, 4) is 0 Å². The molecule has 6 nitrogen and oxygen atoms in total. The number of ether oxygens (including phenoxy) is 1. The van der Waals surface area contributed by atoms with Crippen LogP contribution in [0.2, 0.25) is 0 Å². The number of nitrogens with one attached hydrogen (secondary N) is 1. The molecule has 3 aromatic rings. The minimum atomic E-state index is -0.469. The van der Waals surface area contributed by atoms with Gasteiger partial charge in [0.2, 0.25) is 0 Å². The predicted molar refractivity (Wildman–Crippen MR) is 106 cm³/mol. The molecule has 4 rings (SSSR count). The maximum atomic E-state index is 13.1. The molecule has 0 unspecified atom stereocenters. The van der Waals surface area contributed by atoms with Crippen molar-refractivity contribution < 1.29 is 14.3 Å². The Bertz CT molecular complexity index is 1020. The van der Waals surface area contributed by atoms with Crippen LogP contribution in [-0.4, -0.2) is 23.5 Å². The Morgan fingerprint density at radius 3 is 2.68 bits per heavy atom. The lowest BCUT2D eigenvalue weighted by atomic mass is 10.1. The number of carbonyl (C=O) groups is 2. The average Bonchev–Trinajstić information content (AvgIpc) is 3.01. The van der Waals surface area contributed by atoms with E-state index in [0.29, 0.717) is 29.1 Å². The van der Waals surface area contributed by atoms with Gasteiger partial charge >= 0.3 is 5.97 Å². The summed E-state index contributed by atoms with van der Waals surface area (Å²) in [7, 11) is 0. The number of hydrogen-bond donors (Lipinski definition) is 1. The maximum absolute atomic E-state index is 13.1. The van der Waals surface area contributed by atoms with Gasteiger partial charge in [-0.05, 0) is 37.3 Å². The number of fused-ring (bicyclic) bond motifs is 1. The van der Waals surface area contributed by atoms with Gasteiger partial charge in [-0.25, -0.2) is 4.79 Å². The lowest BCUT2D eigenvalue weighted by Crippen LogP contribution is -2.32. The van der Waals surface area contributed by atoms with E-state index in [1.807, 2.05) is 30.3 Å². The standard InChI is InChI=1S/C22H19N3O3/c1-2-28-22(27)18-11-5-6-12-19(18)24-20-16-9-3-4-10-17(16)21(26)25(20)15-8-7-13-23-14-15/h3-14,20,24H,2H2,1H3/t20-/m1/s1. The number of esters is 1. The van der Waals surface area contributed by atoms with E-state index >= 15 is 0 Å². The molecule has 1 N–H and O–H groups in total. The zero-order valence-electron chi connectivity index (χ0n) is 15.3. The van der Waals surface area contributed by atoms with Crippen LogP contribution in [0.1, 0.15) is 39.4 Å². The number of pyridine rings is 1. The van der Waals surface area contributed by atoms with Crippen molar-refractivity contribution in [1.82, 2.24) is 4.98 Å². The number of carbonyl (C=O) groups excluding carboxylic acids is 2. The number of amides is 1. The number of hydrogen-bond acceptors (Lipinski definition) is 5. The third kappa shape index (κ3) is 3.09. The third-order valence-electron chi connectivity index (χ3n) is 4.60. The van der Waals surface area contributed by atoms with Gasteiger partial charge in [0.05, 0.1) is 29.7 Å². The molecule has 0 saturated carbocycles. The highest BCUT2D eigenvalue weighted by Gasteiger charge is 2.38. The van der Waals surface area contributed by atoms with Crippen LogP contribution in [0.25, 0.3) is 0 Å². The molecule has 0 radical (unpaired) electrons. The minimum absolute atomic E-state index is 0.116. The molecule has 1 aliphatic heterocycles. The fourth-order valence-electron chi connectivity index (χ4n) is 3.36. The lowest BCUT2D eigenvalue weighted by Gasteiger charge is -2.27. The summed E-state index contributed by atoms with van der Waals surface area (Å²) in [5, 5.41) is 3.36. The van der Waals surface area contributed by atoms with Crippen LogP contribution in [0.15, 0.2) is 73.1 Å². The normalized spacial score (nSPS) is 15.2. The summed E-state index contributed by atoms with van der Waals surface area (Å²) in [4.78, 5) is 31.2. The molecule has 2 heterocycles. The van der Waals surface area contributed by atoms with Crippen molar-refractivity contribution in [2.24, 2.45) is 0 Å². The van der Waals surface area contributed by atoms with Crippen molar-refractivity contribution in [3.05, 3.63) is 89.7 Å². The molecule has 1 amide bonds. The van der Waals surface area contributed by atoms with Crippen LogP contribution < -0.4 is 10.2 Å². The first-order chi connectivity index (χ1) is 13.7. The van der Waals surface area contributed by atoms with Gasteiger partial charge in [0.15, 0.2) is 0 Å². The van der Waals surface area contributed by atoms with Gasteiger partial charge in [-0.2, -0.15) is 0 Å². The van der Waals surface area contributed by atoms with Gasteiger partial charge in [0.25, 0.3) is 5.91 Å². The number of rotatable bonds is 5. The SMILES string of the molecule is CCOC(=O)c1ccccc1N[C@H]1c2ccccc2C(=O)N1c1cccnc1. The average molecular weight is 373 g/mol. The minimum Gasteiger partial charge on any atom is -0.462 e. The van der Waals surface area contributed by atoms with Crippen LogP contribution in [0.5, 0.6) is 0 Å². The monoisotopic (exact) mass is 373 g/mol. The van der Waals surface area contributed by atoms with Crippen molar-refractivity contribution in [2.75, 3.05) is 16.8 Å². The molecule has 28 heavy (non-hydrogen) atoms. The van der Waals surface area contributed by atoms with Gasteiger partial charge in [-0.1, -0.05) is 30.3 Å². The van der Waals surface area contributed by atoms with E-state index in [9.17, 15) is 9.59 Å². The lowest BCUT2D eigenvalue weighted by molar-refractivity contribution is 0.0527. The smallest absolute Gasteiger partial charge is 0.340 e. The van der Waals surface area contributed by atoms with E-state index in [1.54, 1.807) is 54.5 Å². The highest BCUT2D eigenvalue weighted by atomic mass is 16.5. The summed E-state index contributed by atoms with van der Waals surface area (Å²) in [5.74, 6) is -0.522. The van der Waals surface area contributed by atoms with E-state index in [0.717, 1.165) is 5.56 Å². The second kappa shape index (κ2) is 7.52. The Morgan fingerprint density at radius 2 is 1.89 bits per heavy atom. The summed E-state index contributed by atoms with van der Waals surface area (Å²) in [6, 6.07) is 18.2. The zero-order valence-corrected chi connectivity index (χ0v) is 15.3. The number of nitrogens with zero attached hydrogens (tertiary/aromatic N) is 2. The number of anilines is 2. The second-order valence-corrected chi connectivity index (χ2v) is 6.29. The fraction of sp³-hybridized carbons (Fsp3) is 0.136. The molecule has 2 aromatic carbocycles. The molecule has 140 valence electrons. The van der Waals surface area contributed by atoms with Crippen LogP contribution >= 0.6 is 0 Å². The predicted octanol–water partition coefficient (Wildman–Crippen LogP) is 4.03.